The molecule has 3 atom stereocenters. The van der Waals surface area contributed by atoms with E-state index in [2.05, 4.69) is 10.6 Å². The lowest BCUT2D eigenvalue weighted by molar-refractivity contribution is -0.157. The monoisotopic (exact) mass is 362 g/mol. The molecule has 1 unspecified atom stereocenters. The zero-order valence-electron chi connectivity index (χ0n) is 16.2. The number of esters is 2. The molecule has 4 N–H and O–H groups in total. The van der Waals surface area contributed by atoms with Crippen LogP contribution in [0.5, 0.6) is 0 Å². The fourth-order valence-electron chi connectivity index (χ4n) is 2.21. The largest absolute Gasteiger partial charge is 0.463 e. The third kappa shape index (κ3) is 9.15. The number of nitrogens with one attached hydrogen (secondary N) is 2. The highest BCUT2D eigenvalue weighted by atomic mass is 16.5. The molecule has 0 aliphatic heterocycles. The molecule has 0 fully saturated rings. The van der Waals surface area contributed by atoms with Crippen molar-refractivity contribution in [3.05, 3.63) is 0 Å². The normalized spacial score (nSPS) is 16.4. The van der Waals surface area contributed by atoms with Gasteiger partial charge in [0.15, 0.2) is 0 Å². The van der Waals surface area contributed by atoms with Crippen LogP contribution in [0.4, 0.5) is 0 Å². The van der Waals surface area contributed by atoms with E-state index in [1.807, 2.05) is 13.8 Å². The molecule has 8 nitrogen and oxygen atoms in total. The molecule has 0 amide bonds. The summed E-state index contributed by atoms with van der Waals surface area (Å²) in [6.45, 7) is 9.96. The quantitative estimate of drug-likeness (QED) is 0.357. The lowest BCUT2D eigenvalue weighted by Gasteiger charge is -2.31. The van der Waals surface area contributed by atoms with Crippen LogP contribution in [0, 0.1) is 0 Å². The van der Waals surface area contributed by atoms with Gasteiger partial charge in [-0.15, -0.1) is 0 Å². The summed E-state index contributed by atoms with van der Waals surface area (Å²) in [6.07, 6.45) is -0.0388. The Morgan fingerprint density at radius 1 is 1.12 bits per heavy atom. The van der Waals surface area contributed by atoms with Crippen molar-refractivity contribution in [2.75, 3.05) is 19.8 Å². The molecule has 0 saturated heterocycles. The second kappa shape index (κ2) is 11.4. The Balaban J connectivity index is 4.63. The zero-order valence-corrected chi connectivity index (χ0v) is 16.2. The number of carbonyl (C=O) groups is 2. The molecule has 0 radical (unpaired) electrons. The van der Waals surface area contributed by atoms with Crippen LogP contribution in [-0.4, -0.2) is 71.7 Å². The molecule has 0 saturated carbocycles. The summed E-state index contributed by atoms with van der Waals surface area (Å²) in [7, 11) is 0. The average Bonchev–Trinajstić information content (AvgIpc) is 2.50. The Labute approximate surface area is 150 Å². The standard InChI is InChI=1S/C17H34N2O6/c1-11(2)18-14(7-8-20)15(22)24-9-13(5)19-17(6,10-21)16(23)25-12(3)4/h11-14,18-21H,7-10H2,1-6H3/t13?,14-,17-/m0/s1. The third-order valence-electron chi connectivity index (χ3n) is 3.39. The number of aliphatic hydroxyl groups is 2. The Morgan fingerprint density at radius 2 is 1.72 bits per heavy atom. The van der Waals surface area contributed by atoms with E-state index in [0.29, 0.717) is 0 Å². The van der Waals surface area contributed by atoms with Crippen LogP contribution in [0.15, 0.2) is 0 Å². The molecule has 148 valence electrons. The van der Waals surface area contributed by atoms with Gasteiger partial charge in [0.1, 0.15) is 18.2 Å². The Kier molecular flexibility index (Phi) is 10.8. The van der Waals surface area contributed by atoms with E-state index in [4.69, 9.17) is 14.6 Å². The molecule has 0 rings (SSSR count). The molecule has 8 heteroatoms. The molecular weight excluding hydrogens is 328 g/mol. The number of carbonyl (C=O) groups excluding carboxylic acids is 2. The lowest BCUT2D eigenvalue weighted by atomic mass is 10.0. The van der Waals surface area contributed by atoms with E-state index in [1.165, 1.54) is 6.92 Å². The van der Waals surface area contributed by atoms with Crippen molar-refractivity contribution >= 4 is 11.9 Å². The highest BCUT2D eigenvalue weighted by molar-refractivity contribution is 5.80. The van der Waals surface area contributed by atoms with Crippen molar-refractivity contribution in [3.63, 3.8) is 0 Å². The maximum Gasteiger partial charge on any atom is 0.328 e. The predicted octanol–water partition coefficient (Wildman–Crippen LogP) is -0.0407. The van der Waals surface area contributed by atoms with Crippen LogP contribution in [0.2, 0.25) is 0 Å². The fourth-order valence-corrected chi connectivity index (χ4v) is 2.21. The summed E-state index contributed by atoms with van der Waals surface area (Å²) in [5.74, 6) is -1.03. The van der Waals surface area contributed by atoms with E-state index in [1.54, 1.807) is 20.8 Å². The van der Waals surface area contributed by atoms with Crippen LogP contribution >= 0.6 is 0 Å². The van der Waals surface area contributed by atoms with E-state index >= 15 is 0 Å². The molecule has 0 aliphatic carbocycles. The van der Waals surface area contributed by atoms with Crippen molar-refractivity contribution in [1.29, 1.82) is 0 Å². The van der Waals surface area contributed by atoms with Gasteiger partial charge in [-0.3, -0.25) is 10.1 Å². The highest BCUT2D eigenvalue weighted by Crippen LogP contribution is 2.10. The second-order valence-corrected chi connectivity index (χ2v) is 7.01. The van der Waals surface area contributed by atoms with E-state index in [0.717, 1.165) is 0 Å². The molecule has 25 heavy (non-hydrogen) atoms. The maximum absolute atomic E-state index is 12.1. The Bertz CT molecular complexity index is 416. The first-order chi connectivity index (χ1) is 11.6. The lowest BCUT2D eigenvalue weighted by Crippen LogP contribution is -2.58. The Hall–Kier alpha value is -1.22. The van der Waals surface area contributed by atoms with Gasteiger partial charge in [0.2, 0.25) is 0 Å². The first kappa shape index (κ1) is 23.8. The topological polar surface area (TPSA) is 117 Å². The molecule has 0 aromatic carbocycles. The molecule has 0 aromatic heterocycles. The molecule has 0 heterocycles. The van der Waals surface area contributed by atoms with Gasteiger partial charge in [-0.25, -0.2) is 4.79 Å². The van der Waals surface area contributed by atoms with E-state index in [-0.39, 0.29) is 37.8 Å². The van der Waals surface area contributed by atoms with Crippen molar-refractivity contribution in [3.8, 4) is 0 Å². The number of rotatable bonds is 12. The SMILES string of the molecule is CC(C)N[C@@H](CCO)C(=O)OCC(C)N[C@@](C)(CO)C(=O)OC(C)C. The van der Waals surface area contributed by atoms with Gasteiger partial charge in [-0.05, 0) is 34.1 Å². The average molecular weight is 362 g/mol. The molecule has 0 aliphatic rings. The van der Waals surface area contributed by atoms with Gasteiger partial charge in [0, 0.05) is 18.7 Å². The zero-order chi connectivity index (χ0) is 19.6. The van der Waals surface area contributed by atoms with Crippen LogP contribution in [0.3, 0.4) is 0 Å². The third-order valence-corrected chi connectivity index (χ3v) is 3.39. The van der Waals surface area contributed by atoms with Gasteiger partial charge in [0.05, 0.1) is 12.7 Å². The van der Waals surface area contributed by atoms with Gasteiger partial charge in [-0.1, -0.05) is 13.8 Å². The number of ether oxygens (including phenoxy) is 2. The first-order valence-corrected chi connectivity index (χ1v) is 8.68. The number of hydrogen-bond donors (Lipinski definition) is 4. The maximum atomic E-state index is 12.1. The summed E-state index contributed by atoms with van der Waals surface area (Å²) in [6, 6.07) is -0.898. The van der Waals surface area contributed by atoms with Gasteiger partial charge in [0.25, 0.3) is 0 Å². The molecule has 0 aromatic rings. The van der Waals surface area contributed by atoms with Crippen LogP contribution < -0.4 is 10.6 Å². The van der Waals surface area contributed by atoms with Crippen LogP contribution in [0.1, 0.15) is 48.0 Å². The summed E-state index contributed by atoms with van der Waals surface area (Å²) in [5.41, 5.74) is -1.28. The van der Waals surface area contributed by atoms with Crippen molar-refractivity contribution < 1.29 is 29.3 Å². The van der Waals surface area contributed by atoms with Crippen molar-refractivity contribution in [1.82, 2.24) is 10.6 Å². The van der Waals surface area contributed by atoms with Gasteiger partial charge in [-0.2, -0.15) is 0 Å². The minimum atomic E-state index is -1.28. The van der Waals surface area contributed by atoms with E-state index in [9.17, 15) is 14.7 Å². The molecular formula is C17H34N2O6. The predicted molar refractivity (Wildman–Crippen MR) is 94.0 cm³/mol. The summed E-state index contributed by atoms with van der Waals surface area (Å²) in [4.78, 5) is 24.2. The Morgan fingerprint density at radius 3 is 2.16 bits per heavy atom. The first-order valence-electron chi connectivity index (χ1n) is 8.68. The van der Waals surface area contributed by atoms with Crippen LogP contribution in [0.25, 0.3) is 0 Å². The van der Waals surface area contributed by atoms with Gasteiger partial charge < -0.3 is 25.0 Å². The van der Waals surface area contributed by atoms with Crippen LogP contribution in [-0.2, 0) is 19.1 Å². The highest BCUT2D eigenvalue weighted by Gasteiger charge is 2.36. The summed E-state index contributed by atoms with van der Waals surface area (Å²) in [5, 5.41) is 24.6. The van der Waals surface area contributed by atoms with Gasteiger partial charge >= 0.3 is 11.9 Å². The second-order valence-electron chi connectivity index (χ2n) is 7.01. The molecule has 0 bridgehead atoms. The smallest absolute Gasteiger partial charge is 0.328 e. The minimum absolute atomic E-state index is 0.0189. The van der Waals surface area contributed by atoms with Crippen molar-refractivity contribution in [2.45, 2.75) is 77.7 Å². The van der Waals surface area contributed by atoms with E-state index < -0.39 is 30.1 Å². The minimum Gasteiger partial charge on any atom is -0.463 e. The van der Waals surface area contributed by atoms with Crippen molar-refractivity contribution in [2.24, 2.45) is 0 Å². The number of aliphatic hydroxyl groups excluding tert-OH is 2. The fraction of sp³-hybridized carbons (Fsp3) is 0.882. The summed E-state index contributed by atoms with van der Waals surface area (Å²) >= 11 is 0. The summed E-state index contributed by atoms with van der Waals surface area (Å²) < 4.78 is 10.4. The number of hydrogen-bond acceptors (Lipinski definition) is 8. The molecule has 0 spiro atoms.